The first-order valence-electron chi connectivity index (χ1n) is 5.53. The van der Waals surface area contributed by atoms with Crippen LogP contribution in [0.5, 0.6) is 0 Å². The molecule has 0 fully saturated rings. The number of hydrogen-bond acceptors (Lipinski definition) is 3. The van der Waals surface area contributed by atoms with Gasteiger partial charge in [0, 0.05) is 6.54 Å². The highest BCUT2D eigenvalue weighted by Gasteiger charge is 2.23. The minimum atomic E-state index is -0.533. The molecule has 17 heavy (non-hydrogen) atoms. The summed E-state index contributed by atoms with van der Waals surface area (Å²) in [4.78, 5) is 22.3. The Morgan fingerprint density at radius 3 is 2.76 bits per heavy atom. The van der Waals surface area contributed by atoms with Gasteiger partial charge in [-0.15, -0.1) is 0 Å². The summed E-state index contributed by atoms with van der Waals surface area (Å²) in [6.45, 7) is 0.559. The number of nitrogens with two attached hydrogens (primary N) is 1. The number of carbonyl (C=O) groups excluding carboxylic acids is 2. The minimum absolute atomic E-state index is 0.112. The van der Waals surface area contributed by atoms with E-state index in [4.69, 9.17) is 5.73 Å². The van der Waals surface area contributed by atoms with Crippen LogP contribution in [0.1, 0.15) is 11.1 Å². The molecule has 0 bridgehead atoms. The van der Waals surface area contributed by atoms with E-state index in [1.165, 1.54) is 11.1 Å². The van der Waals surface area contributed by atoms with Gasteiger partial charge in [-0.25, -0.2) is 0 Å². The van der Waals surface area contributed by atoms with Gasteiger partial charge in [0.15, 0.2) is 0 Å². The highest BCUT2D eigenvalue weighted by Crippen LogP contribution is 2.16. The normalized spacial score (nSPS) is 18.2. The second kappa shape index (κ2) is 4.97. The van der Waals surface area contributed by atoms with Crippen LogP contribution in [0.3, 0.4) is 0 Å². The van der Waals surface area contributed by atoms with Crippen LogP contribution in [0.4, 0.5) is 0 Å². The molecule has 5 heteroatoms. The van der Waals surface area contributed by atoms with Gasteiger partial charge in [0.05, 0.1) is 12.6 Å². The molecule has 0 radical (unpaired) electrons. The second-order valence-corrected chi connectivity index (χ2v) is 4.09. The molecule has 0 unspecified atom stereocenters. The quantitative estimate of drug-likeness (QED) is 0.645. The lowest BCUT2D eigenvalue weighted by Gasteiger charge is -2.25. The molecular formula is C12H15N3O2. The van der Waals surface area contributed by atoms with Gasteiger partial charge in [0.2, 0.25) is 11.8 Å². The molecule has 0 saturated carbocycles. The van der Waals surface area contributed by atoms with E-state index in [0.29, 0.717) is 13.0 Å². The average Bonchev–Trinajstić information content (AvgIpc) is 2.35. The number of rotatable bonds is 3. The molecule has 1 aromatic rings. The number of benzene rings is 1. The first-order valence-corrected chi connectivity index (χ1v) is 5.53. The number of hydrogen-bond donors (Lipinski definition) is 3. The number of carbonyl (C=O) groups is 2. The van der Waals surface area contributed by atoms with E-state index in [1.807, 2.05) is 24.3 Å². The number of nitrogens with one attached hydrogen (secondary N) is 2. The molecule has 0 spiro atoms. The van der Waals surface area contributed by atoms with Gasteiger partial charge in [-0.1, -0.05) is 24.3 Å². The van der Waals surface area contributed by atoms with Crippen LogP contribution >= 0.6 is 0 Å². The Balaban J connectivity index is 1.97. The fourth-order valence-corrected chi connectivity index (χ4v) is 1.94. The van der Waals surface area contributed by atoms with E-state index in [-0.39, 0.29) is 18.5 Å². The third kappa shape index (κ3) is 2.82. The van der Waals surface area contributed by atoms with Crippen molar-refractivity contribution < 1.29 is 9.59 Å². The molecule has 2 rings (SSSR count). The minimum Gasteiger partial charge on any atom is -0.368 e. The van der Waals surface area contributed by atoms with Crippen LogP contribution in [0.15, 0.2) is 24.3 Å². The van der Waals surface area contributed by atoms with Gasteiger partial charge in [-0.3, -0.25) is 9.59 Å². The summed E-state index contributed by atoms with van der Waals surface area (Å²) >= 11 is 0. The molecule has 0 saturated heterocycles. The van der Waals surface area contributed by atoms with Crippen molar-refractivity contribution in [3.05, 3.63) is 35.4 Å². The zero-order chi connectivity index (χ0) is 12.3. The number of fused-ring (bicyclic) bond motifs is 1. The topological polar surface area (TPSA) is 84.2 Å². The van der Waals surface area contributed by atoms with E-state index >= 15 is 0 Å². The zero-order valence-corrected chi connectivity index (χ0v) is 9.40. The van der Waals surface area contributed by atoms with Crippen LogP contribution in [-0.4, -0.2) is 24.4 Å². The van der Waals surface area contributed by atoms with Gasteiger partial charge in [-0.05, 0) is 17.5 Å². The van der Waals surface area contributed by atoms with Crippen LogP contribution in [-0.2, 0) is 22.6 Å². The summed E-state index contributed by atoms with van der Waals surface area (Å²) in [5.41, 5.74) is 7.36. The van der Waals surface area contributed by atoms with Gasteiger partial charge in [0.25, 0.3) is 0 Å². The van der Waals surface area contributed by atoms with Crippen molar-refractivity contribution in [2.75, 3.05) is 6.54 Å². The third-order valence-electron chi connectivity index (χ3n) is 2.83. The number of amides is 2. The molecule has 0 aliphatic carbocycles. The molecule has 1 aliphatic heterocycles. The molecule has 1 atom stereocenters. The Morgan fingerprint density at radius 1 is 1.35 bits per heavy atom. The predicted octanol–water partition coefficient (Wildman–Crippen LogP) is -0.698. The van der Waals surface area contributed by atoms with E-state index in [2.05, 4.69) is 10.6 Å². The lowest BCUT2D eigenvalue weighted by molar-refractivity contribution is -0.126. The Hall–Kier alpha value is -1.88. The van der Waals surface area contributed by atoms with Crippen molar-refractivity contribution in [2.24, 2.45) is 5.73 Å². The summed E-state index contributed by atoms with van der Waals surface area (Å²) < 4.78 is 0. The van der Waals surface area contributed by atoms with Crippen LogP contribution in [0, 0.1) is 0 Å². The highest BCUT2D eigenvalue weighted by atomic mass is 16.2. The maximum Gasteiger partial charge on any atom is 0.237 e. The van der Waals surface area contributed by atoms with Crippen LogP contribution < -0.4 is 16.4 Å². The molecule has 1 heterocycles. The smallest absolute Gasteiger partial charge is 0.237 e. The van der Waals surface area contributed by atoms with Gasteiger partial charge in [-0.2, -0.15) is 0 Å². The molecule has 0 aromatic heterocycles. The van der Waals surface area contributed by atoms with Crippen molar-refractivity contribution in [1.82, 2.24) is 10.6 Å². The molecule has 4 N–H and O–H groups in total. The highest BCUT2D eigenvalue weighted by molar-refractivity contribution is 5.87. The summed E-state index contributed by atoms with van der Waals surface area (Å²) in [7, 11) is 0. The Kier molecular flexibility index (Phi) is 3.39. The Bertz CT molecular complexity index is 445. The largest absolute Gasteiger partial charge is 0.368 e. The van der Waals surface area contributed by atoms with Crippen molar-refractivity contribution in [2.45, 2.75) is 19.0 Å². The first kappa shape index (κ1) is 11.6. The number of primary amides is 1. The summed E-state index contributed by atoms with van der Waals surface area (Å²) in [6, 6.07) is 7.71. The standard InChI is InChI=1S/C12H15N3O2/c13-11(16)7-15-12(17)10-5-8-3-1-2-4-9(8)6-14-10/h1-4,10,14H,5-7H2,(H2,13,16)(H,15,17)/t10-/m1/s1. The molecule has 1 aromatic carbocycles. The fraction of sp³-hybridized carbons (Fsp3) is 0.333. The second-order valence-electron chi connectivity index (χ2n) is 4.09. The van der Waals surface area contributed by atoms with Gasteiger partial charge >= 0.3 is 0 Å². The van der Waals surface area contributed by atoms with Crippen LogP contribution in [0.25, 0.3) is 0 Å². The van der Waals surface area contributed by atoms with E-state index in [9.17, 15) is 9.59 Å². The summed E-state index contributed by atoms with van der Waals surface area (Å²) in [5, 5.41) is 5.64. The van der Waals surface area contributed by atoms with E-state index in [0.717, 1.165) is 0 Å². The lowest BCUT2D eigenvalue weighted by Crippen LogP contribution is -2.49. The predicted molar refractivity (Wildman–Crippen MR) is 63.0 cm³/mol. The van der Waals surface area contributed by atoms with Gasteiger partial charge < -0.3 is 16.4 Å². The lowest BCUT2D eigenvalue weighted by atomic mass is 9.95. The maximum atomic E-state index is 11.7. The van der Waals surface area contributed by atoms with Crippen molar-refractivity contribution in [1.29, 1.82) is 0 Å². The first-order chi connectivity index (χ1) is 8.16. The Morgan fingerprint density at radius 2 is 2.06 bits per heavy atom. The molecule has 2 amide bonds. The summed E-state index contributed by atoms with van der Waals surface area (Å²) in [5.74, 6) is -0.715. The van der Waals surface area contributed by atoms with E-state index in [1.54, 1.807) is 0 Å². The van der Waals surface area contributed by atoms with Crippen molar-refractivity contribution >= 4 is 11.8 Å². The van der Waals surface area contributed by atoms with Crippen LogP contribution in [0.2, 0.25) is 0 Å². The Labute approximate surface area is 99.4 Å². The van der Waals surface area contributed by atoms with Crippen molar-refractivity contribution in [3.63, 3.8) is 0 Å². The van der Waals surface area contributed by atoms with E-state index < -0.39 is 5.91 Å². The van der Waals surface area contributed by atoms with Gasteiger partial charge in [0.1, 0.15) is 0 Å². The molecule has 90 valence electrons. The maximum absolute atomic E-state index is 11.7. The molecule has 5 nitrogen and oxygen atoms in total. The zero-order valence-electron chi connectivity index (χ0n) is 9.40. The monoisotopic (exact) mass is 233 g/mol. The fourth-order valence-electron chi connectivity index (χ4n) is 1.94. The summed E-state index contributed by atoms with van der Waals surface area (Å²) in [6.07, 6.45) is 0.640. The van der Waals surface area contributed by atoms with Crippen molar-refractivity contribution in [3.8, 4) is 0 Å². The average molecular weight is 233 g/mol. The molecule has 1 aliphatic rings. The SMILES string of the molecule is NC(=O)CNC(=O)[C@H]1Cc2ccccc2CN1. The molecular weight excluding hydrogens is 218 g/mol. The third-order valence-corrected chi connectivity index (χ3v) is 2.83.